The quantitative estimate of drug-likeness (QED) is 0.826. The maximum atomic E-state index is 12.7. The van der Waals surface area contributed by atoms with Crippen LogP contribution in [0.3, 0.4) is 0 Å². The fourth-order valence-corrected chi connectivity index (χ4v) is 4.06. The molecule has 1 amide bonds. The summed E-state index contributed by atoms with van der Waals surface area (Å²) in [7, 11) is -0.151. The van der Waals surface area contributed by atoms with Gasteiger partial charge in [-0.1, -0.05) is 6.07 Å². The van der Waals surface area contributed by atoms with Crippen molar-refractivity contribution in [2.45, 2.75) is 17.4 Å². The summed E-state index contributed by atoms with van der Waals surface area (Å²) in [5.74, 6) is -0.483. The van der Waals surface area contributed by atoms with Gasteiger partial charge in [0.25, 0.3) is 5.91 Å². The number of carbonyl (C=O) groups excluding carboxylic acids is 1. The summed E-state index contributed by atoms with van der Waals surface area (Å²) < 4.78 is 39.0. The third-order valence-electron chi connectivity index (χ3n) is 4.03. The third-order valence-corrected chi connectivity index (χ3v) is 5.94. The van der Waals surface area contributed by atoms with Crippen LogP contribution in [0.25, 0.3) is 0 Å². The fraction of sp³-hybridized carbons (Fsp3) is 0.533. The molecule has 1 atom stereocenters. The zero-order valence-electron chi connectivity index (χ0n) is 13.3. The van der Waals surface area contributed by atoms with E-state index in [-0.39, 0.29) is 23.0 Å². The first-order valence-corrected chi connectivity index (χ1v) is 8.91. The second kappa shape index (κ2) is 7.37. The average Bonchev–Trinajstić information content (AvgIpc) is 2.98. The molecular formula is C15H22FN3O3S. The van der Waals surface area contributed by atoms with Crippen molar-refractivity contribution >= 4 is 15.9 Å². The highest BCUT2D eigenvalue weighted by atomic mass is 32.2. The number of halogens is 1. The molecule has 1 saturated heterocycles. The van der Waals surface area contributed by atoms with Gasteiger partial charge in [0.1, 0.15) is 6.67 Å². The zero-order chi connectivity index (χ0) is 17.0. The van der Waals surface area contributed by atoms with Crippen LogP contribution in [0.15, 0.2) is 29.2 Å². The number of amides is 1. The summed E-state index contributed by atoms with van der Waals surface area (Å²) in [6.45, 7) is 0.786. The highest BCUT2D eigenvalue weighted by Crippen LogP contribution is 2.22. The lowest BCUT2D eigenvalue weighted by Crippen LogP contribution is -2.38. The Hall–Kier alpha value is -1.51. The molecule has 0 unspecified atom stereocenters. The van der Waals surface area contributed by atoms with E-state index >= 15 is 0 Å². The maximum absolute atomic E-state index is 12.7. The summed E-state index contributed by atoms with van der Waals surface area (Å²) in [6.07, 6.45) is 0.781. The second-order valence-corrected chi connectivity index (χ2v) is 7.70. The Morgan fingerprint density at radius 2 is 2.22 bits per heavy atom. The Balaban J connectivity index is 2.21. The van der Waals surface area contributed by atoms with E-state index < -0.39 is 22.6 Å². The van der Waals surface area contributed by atoms with Crippen LogP contribution >= 0.6 is 0 Å². The zero-order valence-corrected chi connectivity index (χ0v) is 14.1. The molecular weight excluding hydrogens is 321 g/mol. The molecule has 1 heterocycles. The number of alkyl halides is 1. The minimum absolute atomic E-state index is 0.0717. The minimum atomic E-state index is -3.67. The molecule has 1 N–H and O–H groups in total. The lowest BCUT2D eigenvalue weighted by Gasteiger charge is -2.24. The van der Waals surface area contributed by atoms with Gasteiger partial charge in [-0.2, -0.15) is 4.31 Å². The Kier molecular flexibility index (Phi) is 5.72. The van der Waals surface area contributed by atoms with Crippen LogP contribution in [-0.4, -0.2) is 70.0 Å². The van der Waals surface area contributed by atoms with E-state index in [0.29, 0.717) is 6.54 Å². The topological polar surface area (TPSA) is 69.7 Å². The molecule has 23 heavy (non-hydrogen) atoms. The predicted molar refractivity (Wildman–Crippen MR) is 85.6 cm³/mol. The van der Waals surface area contributed by atoms with Crippen molar-refractivity contribution in [1.82, 2.24) is 14.5 Å². The van der Waals surface area contributed by atoms with Gasteiger partial charge >= 0.3 is 0 Å². The highest BCUT2D eigenvalue weighted by molar-refractivity contribution is 7.89. The van der Waals surface area contributed by atoms with Crippen molar-refractivity contribution in [3.63, 3.8) is 0 Å². The smallest absolute Gasteiger partial charge is 0.251 e. The van der Waals surface area contributed by atoms with Crippen molar-refractivity contribution in [2.24, 2.45) is 0 Å². The van der Waals surface area contributed by atoms with Gasteiger partial charge in [0.2, 0.25) is 10.0 Å². The molecule has 0 spiro atoms. The molecule has 1 aromatic rings. The van der Waals surface area contributed by atoms with Crippen LogP contribution < -0.4 is 5.32 Å². The van der Waals surface area contributed by atoms with E-state index in [2.05, 4.69) is 10.2 Å². The number of likely N-dealkylation sites (N-methyl/N-ethyl adjacent to an activating group) is 2. The number of carbonyl (C=O) groups is 1. The van der Waals surface area contributed by atoms with Gasteiger partial charge in [-0.3, -0.25) is 4.79 Å². The standard InChI is InChI=1S/C15H22FN3O3S/c1-18-9-6-13(11-18)19(2)23(21,22)14-5-3-4-12(10-14)15(20)17-8-7-16/h3-5,10,13H,6-9,11H2,1-2H3,(H,17,20)/t13-/m1/s1. The summed E-state index contributed by atoms with van der Waals surface area (Å²) >= 11 is 0. The molecule has 6 nitrogen and oxygen atoms in total. The van der Waals surface area contributed by atoms with E-state index in [1.54, 1.807) is 7.05 Å². The van der Waals surface area contributed by atoms with Gasteiger partial charge < -0.3 is 10.2 Å². The summed E-state index contributed by atoms with van der Waals surface area (Å²) in [5, 5.41) is 2.39. The van der Waals surface area contributed by atoms with E-state index in [4.69, 9.17) is 0 Å². The largest absolute Gasteiger partial charge is 0.349 e. The average molecular weight is 343 g/mol. The number of likely N-dealkylation sites (tertiary alicyclic amines) is 1. The van der Waals surface area contributed by atoms with Crippen LogP contribution in [0.5, 0.6) is 0 Å². The van der Waals surface area contributed by atoms with E-state index in [9.17, 15) is 17.6 Å². The fourth-order valence-electron chi connectivity index (χ4n) is 2.63. The third kappa shape index (κ3) is 4.07. The molecule has 0 bridgehead atoms. The van der Waals surface area contributed by atoms with E-state index in [0.717, 1.165) is 13.0 Å². The predicted octanol–water partition coefficient (Wildman–Crippen LogP) is 0.710. The number of nitrogens with zero attached hydrogens (tertiary/aromatic N) is 2. The van der Waals surface area contributed by atoms with Gasteiger partial charge in [-0.25, -0.2) is 12.8 Å². The van der Waals surface area contributed by atoms with Gasteiger partial charge in [-0.05, 0) is 38.2 Å². The Morgan fingerprint density at radius 3 is 2.83 bits per heavy atom. The van der Waals surface area contributed by atoms with E-state index in [1.165, 1.54) is 28.6 Å². The molecule has 2 rings (SSSR count). The number of hydrogen-bond donors (Lipinski definition) is 1. The number of sulfonamides is 1. The minimum Gasteiger partial charge on any atom is -0.349 e. The van der Waals surface area contributed by atoms with Gasteiger partial charge in [-0.15, -0.1) is 0 Å². The molecule has 128 valence electrons. The normalized spacial score (nSPS) is 19.2. The first-order chi connectivity index (χ1) is 10.9. The summed E-state index contributed by atoms with van der Waals surface area (Å²) in [4.78, 5) is 14.0. The first kappa shape index (κ1) is 17.8. The lowest BCUT2D eigenvalue weighted by atomic mass is 10.2. The summed E-state index contributed by atoms with van der Waals surface area (Å²) in [5.41, 5.74) is 0.205. The van der Waals surface area contributed by atoms with Gasteiger partial charge in [0, 0.05) is 31.7 Å². The molecule has 0 aliphatic carbocycles. The molecule has 1 aliphatic heterocycles. The lowest BCUT2D eigenvalue weighted by molar-refractivity contribution is 0.0950. The van der Waals surface area contributed by atoms with Crippen LogP contribution in [0, 0.1) is 0 Å². The maximum Gasteiger partial charge on any atom is 0.251 e. The Morgan fingerprint density at radius 1 is 1.48 bits per heavy atom. The summed E-state index contributed by atoms with van der Waals surface area (Å²) in [6, 6.07) is 5.75. The number of nitrogens with one attached hydrogen (secondary N) is 1. The molecule has 0 aromatic heterocycles. The van der Waals surface area contributed by atoms with Crippen molar-refractivity contribution < 1.29 is 17.6 Å². The molecule has 1 aromatic carbocycles. The van der Waals surface area contributed by atoms with Crippen molar-refractivity contribution in [3.8, 4) is 0 Å². The van der Waals surface area contributed by atoms with Crippen LogP contribution in [0.4, 0.5) is 4.39 Å². The molecule has 0 radical (unpaired) electrons. The second-order valence-electron chi connectivity index (χ2n) is 5.70. The molecule has 1 aliphatic rings. The van der Waals surface area contributed by atoms with Crippen molar-refractivity contribution in [3.05, 3.63) is 29.8 Å². The van der Waals surface area contributed by atoms with Crippen LogP contribution in [-0.2, 0) is 10.0 Å². The monoisotopic (exact) mass is 343 g/mol. The Bertz CT molecular complexity index is 666. The van der Waals surface area contributed by atoms with Gasteiger partial charge in [0.05, 0.1) is 4.90 Å². The van der Waals surface area contributed by atoms with Crippen molar-refractivity contribution in [1.29, 1.82) is 0 Å². The number of rotatable bonds is 6. The molecule has 8 heteroatoms. The number of benzene rings is 1. The van der Waals surface area contributed by atoms with Crippen LogP contribution in [0.2, 0.25) is 0 Å². The number of hydrogen-bond acceptors (Lipinski definition) is 4. The molecule has 1 fully saturated rings. The first-order valence-electron chi connectivity index (χ1n) is 7.47. The van der Waals surface area contributed by atoms with Crippen LogP contribution in [0.1, 0.15) is 16.8 Å². The highest BCUT2D eigenvalue weighted by Gasteiger charge is 2.32. The SMILES string of the molecule is CN1CC[C@@H](N(C)S(=O)(=O)c2cccc(C(=O)NCCF)c2)C1. The van der Waals surface area contributed by atoms with Gasteiger partial charge in [0.15, 0.2) is 0 Å². The Labute approximate surface area is 136 Å². The molecule has 0 saturated carbocycles. The van der Waals surface area contributed by atoms with E-state index in [1.807, 2.05) is 7.05 Å². The van der Waals surface area contributed by atoms with Crippen molar-refractivity contribution in [2.75, 3.05) is 40.4 Å².